The molecule has 1 aromatic heterocycles. The second-order valence-corrected chi connectivity index (χ2v) is 10.8. The van der Waals surface area contributed by atoms with E-state index in [0.717, 1.165) is 39.0 Å². The van der Waals surface area contributed by atoms with E-state index < -0.39 is 0 Å². The second-order valence-electron chi connectivity index (χ2n) is 9.41. The summed E-state index contributed by atoms with van der Waals surface area (Å²) in [5.74, 6) is 3.25. The van der Waals surface area contributed by atoms with Crippen molar-refractivity contribution in [3.63, 3.8) is 0 Å². The Morgan fingerprint density at radius 3 is 2.52 bits per heavy atom. The molecule has 0 radical (unpaired) electrons. The molecule has 5 heteroatoms. The molecule has 4 saturated carbocycles. The summed E-state index contributed by atoms with van der Waals surface area (Å²) >= 11 is 8.05. The molecule has 0 aliphatic heterocycles. The van der Waals surface area contributed by atoms with Crippen LogP contribution in [0.3, 0.4) is 0 Å². The van der Waals surface area contributed by atoms with Crippen LogP contribution in [0.2, 0.25) is 5.02 Å². The highest BCUT2D eigenvalue weighted by atomic mass is 35.5. The molecule has 2 aromatic rings. The van der Waals surface area contributed by atoms with Gasteiger partial charge in [0.1, 0.15) is 0 Å². The van der Waals surface area contributed by atoms with Gasteiger partial charge in [-0.1, -0.05) is 23.7 Å². The number of aromatic nitrogens is 1. The molecule has 152 valence electrons. The maximum atomic E-state index is 13.1. The Morgan fingerprint density at radius 1 is 1.17 bits per heavy atom. The number of pyridine rings is 1. The molecule has 0 saturated heterocycles. The topological polar surface area (TPSA) is 42.0 Å². The molecule has 4 aliphatic rings. The predicted octanol–water partition coefficient (Wildman–Crippen LogP) is 6.03. The van der Waals surface area contributed by atoms with E-state index in [1.807, 2.05) is 24.4 Å². The summed E-state index contributed by atoms with van der Waals surface area (Å²) in [5.41, 5.74) is 2.93. The molecule has 29 heavy (non-hydrogen) atoms. The normalized spacial score (nSPS) is 29.8. The molecule has 0 atom stereocenters. The summed E-state index contributed by atoms with van der Waals surface area (Å²) in [7, 11) is 0. The van der Waals surface area contributed by atoms with Crippen LogP contribution >= 0.6 is 23.4 Å². The van der Waals surface area contributed by atoms with Gasteiger partial charge in [-0.05, 0) is 86.5 Å². The number of halogens is 1. The Kier molecular flexibility index (Phi) is 5.11. The zero-order chi connectivity index (χ0) is 20.0. The van der Waals surface area contributed by atoms with E-state index in [2.05, 4.69) is 23.3 Å². The molecule has 3 nitrogen and oxygen atoms in total. The SMILES string of the molecule is Cc1cccc(Cl)c1SCc1cncc(C(=O)NC23CC4CC(CC(C4)C2)C3)c1. The van der Waals surface area contributed by atoms with Gasteiger partial charge in [0.25, 0.3) is 5.91 Å². The number of nitrogens with one attached hydrogen (secondary N) is 1. The first-order valence-electron chi connectivity index (χ1n) is 10.6. The summed E-state index contributed by atoms with van der Waals surface area (Å²) in [5, 5.41) is 4.23. The Morgan fingerprint density at radius 2 is 1.86 bits per heavy atom. The fourth-order valence-electron chi connectivity index (χ4n) is 6.22. The smallest absolute Gasteiger partial charge is 0.253 e. The van der Waals surface area contributed by atoms with Crippen LogP contribution in [0.25, 0.3) is 0 Å². The van der Waals surface area contributed by atoms with Gasteiger partial charge in [-0.15, -0.1) is 11.8 Å². The molecule has 1 aromatic carbocycles. The minimum Gasteiger partial charge on any atom is -0.347 e. The lowest BCUT2D eigenvalue weighted by Crippen LogP contribution is -2.59. The minimum absolute atomic E-state index is 0.0330. The van der Waals surface area contributed by atoms with Crippen molar-refractivity contribution < 1.29 is 4.79 Å². The third-order valence-electron chi connectivity index (χ3n) is 7.02. The lowest BCUT2D eigenvalue weighted by atomic mass is 9.53. The van der Waals surface area contributed by atoms with Gasteiger partial charge in [-0.2, -0.15) is 0 Å². The highest BCUT2D eigenvalue weighted by molar-refractivity contribution is 7.98. The van der Waals surface area contributed by atoms with Gasteiger partial charge in [-0.3, -0.25) is 9.78 Å². The molecular weight excluding hydrogens is 400 g/mol. The van der Waals surface area contributed by atoms with E-state index in [9.17, 15) is 4.79 Å². The van der Waals surface area contributed by atoms with Gasteiger partial charge < -0.3 is 5.32 Å². The van der Waals surface area contributed by atoms with Crippen molar-refractivity contribution in [2.45, 2.75) is 61.6 Å². The summed E-state index contributed by atoms with van der Waals surface area (Å²) in [4.78, 5) is 18.5. The fraction of sp³-hybridized carbons (Fsp3) is 0.500. The van der Waals surface area contributed by atoms with Crippen LogP contribution in [0.15, 0.2) is 41.6 Å². The van der Waals surface area contributed by atoms with Crippen molar-refractivity contribution in [1.82, 2.24) is 10.3 Å². The van der Waals surface area contributed by atoms with Gasteiger partial charge in [0, 0.05) is 28.6 Å². The monoisotopic (exact) mass is 426 g/mol. The lowest BCUT2D eigenvalue weighted by molar-refractivity contribution is -0.0167. The number of benzene rings is 1. The molecule has 1 N–H and O–H groups in total. The van der Waals surface area contributed by atoms with Crippen LogP contribution in [0, 0.1) is 24.7 Å². The highest BCUT2D eigenvalue weighted by Gasteiger charge is 2.51. The number of carbonyl (C=O) groups is 1. The fourth-order valence-corrected chi connectivity index (χ4v) is 7.58. The van der Waals surface area contributed by atoms with Crippen molar-refractivity contribution >= 4 is 29.3 Å². The Hall–Kier alpha value is -1.52. The molecule has 0 unspecified atom stereocenters. The summed E-state index contributed by atoms with van der Waals surface area (Å²) in [6, 6.07) is 7.95. The lowest BCUT2D eigenvalue weighted by Gasteiger charge is -2.56. The summed E-state index contributed by atoms with van der Waals surface area (Å²) < 4.78 is 0. The highest BCUT2D eigenvalue weighted by Crippen LogP contribution is 2.55. The summed E-state index contributed by atoms with van der Waals surface area (Å²) in [6.45, 7) is 2.07. The van der Waals surface area contributed by atoms with Gasteiger partial charge >= 0.3 is 0 Å². The number of nitrogens with zero attached hydrogens (tertiary/aromatic N) is 1. The number of hydrogen-bond donors (Lipinski definition) is 1. The molecule has 4 aliphatic carbocycles. The Labute approximate surface area is 182 Å². The third kappa shape index (κ3) is 3.94. The molecule has 1 amide bonds. The van der Waals surface area contributed by atoms with Gasteiger partial charge in [0.05, 0.1) is 10.6 Å². The van der Waals surface area contributed by atoms with Gasteiger partial charge in [0.2, 0.25) is 0 Å². The largest absolute Gasteiger partial charge is 0.347 e. The van der Waals surface area contributed by atoms with Crippen LogP contribution < -0.4 is 5.32 Å². The van der Waals surface area contributed by atoms with E-state index >= 15 is 0 Å². The number of amides is 1. The van der Waals surface area contributed by atoms with E-state index in [0.29, 0.717) is 5.56 Å². The Balaban J connectivity index is 1.28. The zero-order valence-corrected chi connectivity index (χ0v) is 18.4. The molecule has 4 fully saturated rings. The van der Waals surface area contributed by atoms with E-state index in [4.69, 9.17) is 11.6 Å². The van der Waals surface area contributed by atoms with E-state index in [1.54, 1.807) is 18.0 Å². The van der Waals surface area contributed by atoms with Crippen LogP contribution in [-0.2, 0) is 5.75 Å². The zero-order valence-electron chi connectivity index (χ0n) is 16.8. The second kappa shape index (κ2) is 7.63. The van der Waals surface area contributed by atoms with Crippen LogP contribution in [0.1, 0.15) is 60.0 Å². The van der Waals surface area contributed by atoms with E-state index in [-0.39, 0.29) is 11.4 Å². The number of carbonyl (C=O) groups excluding carboxylic acids is 1. The van der Waals surface area contributed by atoms with Crippen molar-refractivity contribution in [2.75, 3.05) is 0 Å². The van der Waals surface area contributed by atoms with Crippen molar-refractivity contribution in [3.05, 3.63) is 58.4 Å². The average Bonchev–Trinajstić information content (AvgIpc) is 2.66. The number of aryl methyl sites for hydroxylation is 1. The molecule has 0 spiro atoms. The number of hydrogen-bond acceptors (Lipinski definition) is 3. The van der Waals surface area contributed by atoms with Crippen LogP contribution in [-0.4, -0.2) is 16.4 Å². The molecule has 4 bridgehead atoms. The van der Waals surface area contributed by atoms with E-state index in [1.165, 1.54) is 44.1 Å². The Bertz CT molecular complexity index is 889. The third-order valence-corrected chi connectivity index (χ3v) is 8.76. The molecular formula is C24H27ClN2OS. The minimum atomic E-state index is 0.0330. The first-order valence-corrected chi connectivity index (χ1v) is 12.0. The van der Waals surface area contributed by atoms with Crippen LogP contribution in [0.4, 0.5) is 0 Å². The standard InChI is InChI=1S/C24H27ClN2OS/c1-15-3-2-4-21(25)22(15)29-14-19-8-20(13-26-12-19)23(28)27-24-9-16-5-17(10-24)7-18(6-16)11-24/h2-4,8,12-13,16-18H,5-7,9-11,14H2,1H3,(H,27,28). The average molecular weight is 427 g/mol. The van der Waals surface area contributed by atoms with Crippen molar-refractivity contribution in [1.29, 1.82) is 0 Å². The first kappa shape index (κ1) is 19.4. The van der Waals surface area contributed by atoms with Gasteiger partial charge in [0.15, 0.2) is 0 Å². The molecule has 6 rings (SSSR count). The quantitative estimate of drug-likeness (QED) is 0.593. The maximum Gasteiger partial charge on any atom is 0.253 e. The maximum absolute atomic E-state index is 13.1. The molecule has 1 heterocycles. The van der Waals surface area contributed by atoms with Crippen molar-refractivity contribution in [3.8, 4) is 0 Å². The summed E-state index contributed by atoms with van der Waals surface area (Å²) in [6.07, 6.45) is 11.2. The number of rotatable bonds is 5. The van der Waals surface area contributed by atoms with Gasteiger partial charge in [-0.25, -0.2) is 0 Å². The van der Waals surface area contributed by atoms with Crippen LogP contribution in [0.5, 0.6) is 0 Å². The number of thioether (sulfide) groups is 1. The van der Waals surface area contributed by atoms with Crippen molar-refractivity contribution in [2.24, 2.45) is 17.8 Å². The first-order chi connectivity index (χ1) is 14.0. The predicted molar refractivity (Wildman–Crippen MR) is 118 cm³/mol.